The minimum absolute atomic E-state index is 0.121. The molecule has 0 aromatic heterocycles. The summed E-state index contributed by atoms with van der Waals surface area (Å²) >= 11 is 0. The van der Waals surface area contributed by atoms with Crippen LogP contribution in [0.1, 0.15) is 36.8 Å². The summed E-state index contributed by atoms with van der Waals surface area (Å²) in [6.45, 7) is 7.60. The van der Waals surface area contributed by atoms with E-state index in [1.54, 1.807) is 0 Å². The number of carbonyl (C=O) groups excluding carboxylic acids is 1. The standard InChI is InChI=1S/C24H30F2N2O2.2C4H4O4/c1-19(29)30-18-17-28-15-13-27(14-16-28)12-2-3-24(20-4-8-22(25)9-5-20)21-6-10-23(26)11-7-21;2*5-3(6)1-2-4(7)8/h4-11,24H,2-3,12-18H2,1H3;2*1-2H,(H,5,6)(H,7,8)/b;2*2-1+. The Kier molecular flexibility index (Phi) is 18.4. The van der Waals surface area contributed by atoms with E-state index in [4.69, 9.17) is 25.2 Å². The highest BCUT2D eigenvalue weighted by Crippen LogP contribution is 2.30. The second-order valence-corrected chi connectivity index (χ2v) is 9.84. The first-order chi connectivity index (χ1) is 21.8. The molecule has 14 heteroatoms. The number of rotatable bonds is 13. The molecule has 2 aromatic carbocycles. The molecule has 0 unspecified atom stereocenters. The van der Waals surface area contributed by atoms with Gasteiger partial charge in [0.2, 0.25) is 0 Å². The normalized spacial score (nSPS) is 13.4. The Morgan fingerprint density at radius 1 is 0.674 bits per heavy atom. The van der Waals surface area contributed by atoms with Gasteiger partial charge < -0.3 is 30.1 Å². The zero-order valence-electron chi connectivity index (χ0n) is 25.3. The zero-order chi connectivity index (χ0) is 34.5. The number of carboxylic acid groups (broad SMARTS) is 4. The van der Waals surface area contributed by atoms with Crippen LogP contribution >= 0.6 is 0 Å². The predicted molar refractivity (Wildman–Crippen MR) is 162 cm³/mol. The molecular formula is C32H38F2N2O10. The number of carboxylic acids is 4. The van der Waals surface area contributed by atoms with Crippen molar-refractivity contribution in [3.8, 4) is 0 Å². The van der Waals surface area contributed by atoms with Crippen molar-refractivity contribution in [3.05, 3.63) is 95.6 Å². The quantitative estimate of drug-likeness (QED) is 0.184. The largest absolute Gasteiger partial charge is 0.478 e. The molecule has 1 fully saturated rings. The lowest BCUT2D eigenvalue weighted by Gasteiger charge is -2.34. The number of esters is 1. The Bertz CT molecular complexity index is 1210. The van der Waals surface area contributed by atoms with Crippen molar-refractivity contribution in [1.82, 2.24) is 9.80 Å². The first-order valence-corrected chi connectivity index (χ1v) is 14.1. The lowest BCUT2D eigenvalue weighted by Crippen LogP contribution is -2.47. The molecule has 46 heavy (non-hydrogen) atoms. The number of carbonyl (C=O) groups is 5. The minimum Gasteiger partial charge on any atom is -0.478 e. The van der Waals surface area contributed by atoms with E-state index >= 15 is 0 Å². The van der Waals surface area contributed by atoms with Gasteiger partial charge in [0.1, 0.15) is 18.2 Å². The number of nitrogens with zero attached hydrogens (tertiary/aromatic N) is 2. The van der Waals surface area contributed by atoms with Crippen molar-refractivity contribution in [2.45, 2.75) is 25.7 Å². The average molecular weight is 649 g/mol. The Morgan fingerprint density at radius 2 is 1.02 bits per heavy atom. The lowest BCUT2D eigenvalue weighted by atomic mass is 9.87. The van der Waals surface area contributed by atoms with E-state index < -0.39 is 23.9 Å². The van der Waals surface area contributed by atoms with Crippen LogP contribution in [-0.2, 0) is 28.7 Å². The van der Waals surface area contributed by atoms with E-state index in [1.165, 1.54) is 31.2 Å². The molecule has 0 saturated carbocycles. The second-order valence-electron chi connectivity index (χ2n) is 9.84. The van der Waals surface area contributed by atoms with Crippen LogP contribution in [0.25, 0.3) is 0 Å². The Morgan fingerprint density at radius 3 is 1.35 bits per heavy atom. The van der Waals surface area contributed by atoms with Crippen molar-refractivity contribution < 1.29 is 57.9 Å². The van der Waals surface area contributed by atoms with E-state index in [2.05, 4.69) is 9.80 Å². The molecule has 2 aromatic rings. The number of hydrogen-bond acceptors (Lipinski definition) is 8. The fraction of sp³-hybridized carbons (Fsp3) is 0.344. The third-order valence-corrected chi connectivity index (χ3v) is 6.43. The molecule has 1 aliphatic rings. The van der Waals surface area contributed by atoms with Crippen LogP contribution in [-0.4, -0.2) is 106 Å². The molecule has 1 aliphatic heterocycles. The van der Waals surface area contributed by atoms with Gasteiger partial charge >= 0.3 is 29.8 Å². The molecule has 1 heterocycles. The van der Waals surface area contributed by atoms with Gasteiger partial charge in [-0.25, -0.2) is 28.0 Å². The van der Waals surface area contributed by atoms with Crippen LogP contribution in [0.2, 0.25) is 0 Å². The van der Waals surface area contributed by atoms with E-state index in [1.807, 2.05) is 24.3 Å². The van der Waals surface area contributed by atoms with Gasteiger partial charge in [0.15, 0.2) is 0 Å². The third kappa shape index (κ3) is 18.7. The van der Waals surface area contributed by atoms with Gasteiger partial charge in [-0.15, -0.1) is 0 Å². The van der Waals surface area contributed by atoms with Crippen LogP contribution in [0.5, 0.6) is 0 Å². The van der Waals surface area contributed by atoms with Gasteiger partial charge in [-0.2, -0.15) is 0 Å². The fourth-order valence-electron chi connectivity index (χ4n) is 4.28. The van der Waals surface area contributed by atoms with Crippen LogP contribution in [0.15, 0.2) is 72.8 Å². The summed E-state index contributed by atoms with van der Waals surface area (Å²) in [6.07, 6.45) is 4.16. The van der Waals surface area contributed by atoms with Crippen molar-refractivity contribution in [1.29, 1.82) is 0 Å². The maximum absolute atomic E-state index is 13.4. The van der Waals surface area contributed by atoms with Crippen LogP contribution in [0.4, 0.5) is 8.78 Å². The topological polar surface area (TPSA) is 182 Å². The van der Waals surface area contributed by atoms with E-state index in [0.29, 0.717) is 30.9 Å². The number of ether oxygens (including phenoxy) is 1. The summed E-state index contributed by atoms with van der Waals surface area (Å²) in [7, 11) is 0. The Hall–Kier alpha value is -4.95. The van der Waals surface area contributed by atoms with E-state index in [0.717, 1.165) is 63.2 Å². The van der Waals surface area contributed by atoms with Gasteiger partial charge in [0.25, 0.3) is 0 Å². The summed E-state index contributed by atoms with van der Waals surface area (Å²) in [5.41, 5.74) is 2.11. The number of benzene rings is 2. The molecule has 0 aliphatic carbocycles. The zero-order valence-corrected chi connectivity index (χ0v) is 25.3. The number of aliphatic carboxylic acids is 4. The Labute approximate surface area is 264 Å². The van der Waals surface area contributed by atoms with Crippen molar-refractivity contribution in [2.75, 3.05) is 45.9 Å². The highest BCUT2D eigenvalue weighted by Gasteiger charge is 2.19. The van der Waals surface area contributed by atoms with Crippen molar-refractivity contribution >= 4 is 29.8 Å². The fourth-order valence-corrected chi connectivity index (χ4v) is 4.28. The van der Waals surface area contributed by atoms with Crippen LogP contribution < -0.4 is 0 Å². The van der Waals surface area contributed by atoms with Gasteiger partial charge in [-0.1, -0.05) is 24.3 Å². The monoisotopic (exact) mass is 648 g/mol. The first kappa shape index (κ1) is 39.1. The summed E-state index contributed by atoms with van der Waals surface area (Å²) in [5, 5.41) is 31.2. The van der Waals surface area contributed by atoms with Gasteiger partial charge in [0, 0.05) is 69.9 Å². The first-order valence-electron chi connectivity index (χ1n) is 14.1. The van der Waals surface area contributed by atoms with E-state index in [-0.39, 0.29) is 23.5 Å². The third-order valence-electron chi connectivity index (χ3n) is 6.43. The van der Waals surface area contributed by atoms with Crippen molar-refractivity contribution in [3.63, 3.8) is 0 Å². The maximum atomic E-state index is 13.4. The van der Waals surface area contributed by atoms with Gasteiger partial charge in [-0.3, -0.25) is 9.69 Å². The Balaban J connectivity index is 0.000000545. The highest BCUT2D eigenvalue weighted by atomic mass is 19.1. The average Bonchev–Trinajstić information content (AvgIpc) is 3.00. The van der Waals surface area contributed by atoms with Crippen LogP contribution in [0, 0.1) is 11.6 Å². The molecule has 0 amide bonds. The van der Waals surface area contributed by atoms with Gasteiger partial charge in [0.05, 0.1) is 0 Å². The summed E-state index contributed by atoms with van der Waals surface area (Å²) in [6, 6.07) is 13.2. The minimum atomic E-state index is -1.26. The van der Waals surface area contributed by atoms with Crippen molar-refractivity contribution in [2.24, 2.45) is 0 Å². The predicted octanol–water partition coefficient (Wildman–Crippen LogP) is 3.48. The van der Waals surface area contributed by atoms with Gasteiger partial charge in [-0.05, 0) is 54.8 Å². The van der Waals surface area contributed by atoms with Crippen LogP contribution in [0.3, 0.4) is 0 Å². The highest BCUT2D eigenvalue weighted by molar-refractivity contribution is 5.90. The molecular weight excluding hydrogens is 610 g/mol. The van der Waals surface area contributed by atoms with E-state index in [9.17, 15) is 32.8 Å². The molecule has 4 N–H and O–H groups in total. The second kappa shape index (κ2) is 21.7. The molecule has 250 valence electrons. The molecule has 3 rings (SSSR count). The maximum Gasteiger partial charge on any atom is 0.328 e. The smallest absolute Gasteiger partial charge is 0.328 e. The molecule has 1 saturated heterocycles. The molecule has 0 radical (unpaired) electrons. The number of halogens is 2. The molecule has 0 bridgehead atoms. The molecule has 12 nitrogen and oxygen atoms in total. The summed E-state index contributed by atoms with van der Waals surface area (Å²) in [4.78, 5) is 53.8. The number of piperazine rings is 1. The molecule has 0 atom stereocenters. The lowest BCUT2D eigenvalue weighted by molar-refractivity contribution is -0.141. The SMILES string of the molecule is CC(=O)OCCN1CCN(CCCC(c2ccc(F)cc2)c2ccc(F)cc2)CC1.O=C(O)/C=C/C(=O)O.O=C(O)/C=C/C(=O)O. The number of hydrogen-bond donors (Lipinski definition) is 4. The summed E-state index contributed by atoms with van der Waals surface area (Å²) < 4.78 is 31.7. The molecule has 0 spiro atoms. The summed E-state index contributed by atoms with van der Waals surface area (Å²) in [5.74, 6) is -5.63.